The molecule has 26 heavy (non-hydrogen) atoms. The number of rotatable bonds is 8. The van der Waals surface area contributed by atoms with E-state index in [9.17, 15) is 4.79 Å². The zero-order valence-electron chi connectivity index (χ0n) is 16.3. The highest BCUT2D eigenvalue weighted by Crippen LogP contribution is 2.28. The molecule has 0 aliphatic heterocycles. The van der Waals surface area contributed by atoms with Crippen molar-refractivity contribution in [2.45, 2.75) is 40.2 Å². The third-order valence-electron chi connectivity index (χ3n) is 4.14. The van der Waals surface area contributed by atoms with Crippen molar-refractivity contribution in [2.75, 3.05) is 13.7 Å². The Hall–Kier alpha value is -2.49. The fourth-order valence-corrected chi connectivity index (χ4v) is 2.68. The van der Waals surface area contributed by atoms with Gasteiger partial charge in [0.1, 0.15) is 18.1 Å². The highest BCUT2D eigenvalue weighted by Gasteiger charge is 2.13. The number of para-hydroxylation sites is 1. The summed E-state index contributed by atoms with van der Waals surface area (Å²) in [4.78, 5) is 12.3. The van der Waals surface area contributed by atoms with Gasteiger partial charge in [-0.15, -0.1) is 0 Å². The zero-order chi connectivity index (χ0) is 19.1. The molecule has 0 heterocycles. The van der Waals surface area contributed by atoms with Crippen LogP contribution in [0.15, 0.2) is 42.5 Å². The second-order valence-corrected chi connectivity index (χ2v) is 7.11. The smallest absolute Gasteiger partial charge is 0.251 e. The molecule has 4 nitrogen and oxygen atoms in total. The molecule has 0 bridgehead atoms. The van der Waals surface area contributed by atoms with Gasteiger partial charge in [0, 0.05) is 17.7 Å². The normalized spacial score (nSPS) is 10.9. The van der Waals surface area contributed by atoms with Gasteiger partial charge in [0.05, 0.1) is 7.11 Å². The fraction of sp³-hybridized carbons (Fsp3) is 0.409. The summed E-state index contributed by atoms with van der Waals surface area (Å²) in [6.07, 6.45) is 0. The number of carbonyl (C=O) groups is 1. The minimum atomic E-state index is -0.0785. The van der Waals surface area contributed by atoms with Crippen molar-refractivity contribution < 1.29 is 14.3 Å². The van der Waals surface area contributed by atoms with E-state index in [0.29, 0.717) is 36.3 Å². The second-order valence-electron chi connectivity index (χ2n) is 7.11. The second kappa shape index (κ2) is 9.27. The summed E-state index contributed by atoms with van der Waals surface area (Å²) in [6, 6.07) is 13.5. The van der Waals surface area contributed by atoms with Crippen LogP contribution < -0.4 is 14.8 Å². The van der Waals surface area contributed by atoms with Gasteiger partial charge in [0.2, 0.25) is 0 Å². The summed E-state index contributed by atoms with van der Waals surface area (Å²) in [5.74, 6) is 2.28. The molecule has 0 spiro atoms. The SMILES string of the molecule is COc1ccc(C(=O)NCC(C)C)cc1COc1ccccc1C(C)C. The molecule has 0 radical (unpaired) electrons. The molecular weight excluding hydrogens is 326 g/mol. The van der Waals surface area contributed by atoms with E-state index >= 15 is 0 Å². The molecule has 0 atom stereocenters. The Balaban J connectivity index is 2.17. The van der Waals surface area contributed by atoms with Gasteiger partial charge in [0.25, 0.3) is 5.91 Å². The van der Waals surface area contributed by atoms with Crippen LogP contribution in [0.4, 0.5) is 0 Å². The molecule has 0 saturated carbocycles. The predicted octanol–water partition coefficient (Wildman–Crippen LogP) is 4.78. The van der Waals surface area contributed by atoms with Gasteiger partial charge in [0.15, 0.2) is 0 Å². The highest BCUT2D eigenvalue weighted by atomic mass is 16.5. The van der Waals surface area contributed by atoms with Gasteiger partial charge in [-0.2, -0.15) is 0 Å². The molecule has 0 aliphatic rings. The van der Waals surface area contributed by atoms with E-state index < -0.39 is 0 Å². The number of hydrogen-bond donors (Lipinski definition) is 1. The third kappa shape index (κ3) is 5.25. The molecule has 1 N–H and O–H groups in total. The van der Waals surface area contributed by atoms with Crippen molar-refractivity contribution in [1.82, 2.24) is 5.32 Å². The Morgan fingerprint density at radius 1 is 1.04 bits per heavy atom. The monoisotopic (exact) mass is 355 g/mol. The first-order valence-electron chi connectivity index (χ1n) is 9.09. The maximum absolute atomic E-state index is 12.3. The van der Waals surface area contributed by atoms with Gasteiger partial charge >= 0.3 is 0 Å². The van der Waals surface area contributed by atoms with Crippen molar-refractivity contribution in [1.29, 1.82) is 0 Å². The van der Waals surface area contributed by atoms with Crippen molar-refractivity contribution in [2.24, 2.45) is 5.92 Å². The lowest BCUT2D eigenvalue weighted by molar-refractivity contribution is 0.0949. The van der Waals surface area contributed by atoms with Crippen LogP contribution in [-0.2, 0) is 6.61 Å². The van der Waals surface area contributed by atoms with E-state index in [2.05, 4.69) is 39.1 Å². The van der Waals surface area contributed by atoms with E-state index in [1.54, 1.807) is 13.2 Å². The molecule has 2 aromatic carbocycles. The van der Waals surface area contributed by atoms with Crippen molar-refractivity contribution in [3.8, 4) is 11.5 Å². The van der Waals surface area contributed by atoms with E-state index in [-0.39, 0.29) is 5.91 Å². The molecule has 4 heteroatoms. The number of carbonyl (C=O) groups excluding carboxylic acids is 1. The first kappa shape index (κ1) is 19.8. The Labute approximate surface area is 156 Å². The standard InChI is InChI=1S/C22H29NO3/c1-15(2)13-23-22(24)17-10-11-20(25-5)18(12-17)14-26-21-9-7-6-8-19(21)16(3)4/h6-12,15-16H,13-14H2,1-5H3,(H,23,24). The summed E-state index contributed by atoms with van der Waals surface area (Å²) in [6.45, 7) is 9.42. The summed E-state index contributed by atoms with van der Waals surface area (Å²) in [7, 11) is 1.62. The summed E-state index contributed by atoms with van der Waals surface area (Å²) >= 11 is 0. The third-order valence-corrected chi connectivity index (χ3v) is 4.14. The topological polar surface area (TPSA) is 47.6 Å². The molecule has 2 rings (SSSR count). The fourth-order valence-electron chi connectivity index (χ4n) is 2.68. The summed E-state index contributed by atoms with van der Waals surface area (Å²) < 4.78 is 11.5. The van der Waals surface area contributed by atoms with Crippen LogP contribution in [0.25, 0.3) is 0 Å². The average molecular weight is 355 g/mol. The Bertz CT molecular complexity index is 738. The molecule has 0 saturated heterocycles. The summed E-state index contributed by atoms with van der Waals surface area (Å²) in [5, 5.41) is 2.94. The van der Waals surface area contributed by atoms with Gasteiger partial charge < -0.3 is 14.8 Å². The molecule has 0 fully saturated rings. The van der Waals surface area contributed by atoms with E-state index in [1.165, 1.54) is 0 Å². The maximum atomic E-state index is 12.3. The lowest BCUT2D eigenvalue weighted by atomic mass is 10.0. The zero-order valence-corrected chi connectivity index (χ0v) is 16.3. The summed E-state index contributed by atoms with van der Waals surface area (Å²) in [5.41, 5.74) is 2.63. The van der Waals surface area contributed by atoms with Crippen LogP contribution in [0.5, 0.6) is 11.5 Å². The molecule has 0 unspecified atom stereocenters. The highest BCUT2D eigenvalue weighted by molar-refractivity contribution is 5.94. The van der Waals surface area contributed by atoms with Crippen LogP contribution in [0.2, 0.25) is 0 Å². The van der Waals surface area contributed by atoms with Crippen LogP contribution in [0, 0.1) is 5.92 Å². The average Bonchev–Trinajstić information content (AvgIpc) is 2.64. The van der Waals surface area contributed by atoms with Crippen LogP contribution in [0.3, 0.4) is 0 Å². The Morgan fingerprint density at radius 3 is 2.42 bits per heavy atom. The lowest BCUT2D eigenvalue weighted by Gasteiger charge is -2.16. The van der Waals surface area contributed by atoms with Crippen molar-refractivity contribution >= 4 is 5.91 Å². The van der Waals surface area contributed by atoms with E-state index in [0.717, 1.165) is 16.9 Å². The largest absolute Gasteiger partial charge is 0.496 e. The van der Waals surface area contributed by atoms with Gasteiger partial charge in [-0.3, -0.25) is 4.79 Å². The number of hydrogen-bond acceptors (Lipinski definition) is 3. The minimum absolute atomic E-state index is 0.0785. The number of nitrogens with one attached hydrogen (secondary N) is 1. The van der Waals surface area contributed by atoms with Gasteiger partial charge in [-0.25, -0.2) is 0 Å². The molecule has 0 aliphatic carbocycles. The van der Waals surface area contributed by atoms with E-state index in [4.69, 9.17) is 9.47 Å². The molecular formula is C22H29NO3. The Kier molecular flexibility index (Phi) is 7.07. The number of ether oxygens (including phenoxy) is 2. The van der Waals surface area contributed by atoms with Crippen LogP contribution >= 0.6 is 0 Å². The first-order valence-corrected chi connectivity index (χ1v) is 9.09. The minimum Gasteiger partial charge on any atom is -0.496 e. The molecule has 140 valence electrons. The van der Waals surface area contributed by atoms with E-state index in [1.807, 2.05) is 30.3 Å². The molecule has 0 aromatic heterocycles. The van der Waals surface area contributed by atoms with Gasteiger partial charge in [-0.05, 0) is 41.7 Å². The molecule has 1 amide bonds. The first-order chi connectivity index (χ1) is 12.4. The van der Waals surface area contributed by atoms with Gasteiger partial charge in [-0.1, -0.05) is 45.9 Å². The van der Waals surface area contributed by atoms with Crippen molar-refractivity contribution in [3.63, 3.8) is 0 Å². The number of methoxy groups -OCH3 is 1. The van der Waals surface area contributed by atoms with Crippen LogP contribution in [-0.4, -0.2) is 19.6 Å². The Morgan fingerprint density at radius 2 is 1.77 bits per heavy atom. The molecule has 2 aromatic rings. The number of amides is 1. The van der Waals surface area contributed by atoms with Crippen molar-refractivity contribution in [3.05, 3.63) is 59.2 Å². The quantitative estimate of drug-likeness (QED) is 0.741. The number of benzene rings is 2. The van der Waals surface area contributed by atoms with Crippen LogP contribution in [0.1, 0.15) is 55.1 Å². The predicted molar refractivity (Wildman–Crippen MR) is 105 cm³/mol. The maximum Gasteiger partial charge on any atom is 0.251 e. The lowest BCUT2D eigenvalue weighted by Crippen LogP contribution is -2.27.